The van der Waals surface area contributed by atoms with Gasteiger partial charge in [-0.05, 0) is 118 Å². The van der Waals surface area contributed by atoms with Gasteiger partial charge in [0.15, 0.2) is 11.5 Å². The van der Waals surface area contributed by atoms with E-state index in [2.05, 4.69) is 65.3 Å². The minimum atomic E-state index is -0.201. The molecule has 3 aromatic carbocycles. The minimum Gasteiger partial charge on any atom is -0.494 e. The third-order valence-electron chi connectivity index (χ3n) is 8.16. The summed E-state index contributed by atoms with van der Waals surface area (Å²) in [7, 11) is 3.34. The first-order valence-electron chi connectivity index (χ1n) is 14.3. The summed E-state index contributed by atoms with van der Waals surface area (Å²) in [5.41, 5.74) is 13.3. The summed E-state index contributed by atoms with van der Waals surface area (Å²) in [6.45, 7) is 10.1. The van der Waals surface area contributed by atoms with Gasteiger partial charge in [0.05, 0.1) is 20.8 Å². The molecule has 0 radical (unpaired) electrons. The molecule has 40 heavy (non-hydrogen) atoms. The molecule has 6 nitrogen and oxygen atoms in total. The molecular formula is C34H43N3O3. The third-order valence-corrected chi connectivity index (χ3v) is 8.16. The molecule has 2 heterocycles. The van der Waals surface area contributed by atoms with Crippen molar-refractivity contribution in [1.29, 1.82) is 0 Å². The molecule has 0 aliphatic carbocycles. The van der Waals surface area contributed by atoms with Gasteiger partial charge in [-0.25, -0.2) is 0 Å². The van der Waals surface area contributed by atoms with Crippen LogP contribution in [-0.4, -0.2) is 49.3 Å². The molecule has 1 aliphatic heterocycles. The van der Waals surface area contributed by atoms with Crippen LogP contribution >= 0.6 is 0 Å². The Kier molecular flexibility index (Phi) is 8.38. The Hall–Kier alpha value is -3.48. The van der Waals surface area contributed by atoms with E-state index in [1.54, 1.807) is 14.2 Å². The van der Waals surface area contributed by atoms with Crippen LogP contribution in [0.1, 0.15) is 55.7 Å². The molecule has 1 fully saturated rings. The van der Waals surface area contributed by atoms with E-state index in [9.17, 15) is 0 Å². The van der Waals surface area contributed by atoms with Gasteiger partial charge in [0.1, 0.15) is 5.75 Å². The molecule has 1 aromatic heterocycles. The van der Waals surface area contributed by atoms with E-state index in [1.807, 2.05) is 26.0 Å². The van der Waals surface area contributed by atoms with Crippen molar-refractivity contribution in [1.82, 2.24) is 9.88 Å². The molecule has 3 N–H and O–H groups in total. The van der Waals surface area contributed by atoms with Crippen LogP contribution in [0.3, 0.4) is 0 Å². The zero-order valence-corrected chi connectivity index (χ0v) is 24.5. The Bertz CT molecular complexity index is 1430. The smallest absolute Gasteiger partial charge is 0.161 e. The lowest BCUT2D eigenvalue weighted by atomic mass is 9.88. The number of hydrogen-bond acceptors (Lipinski definition) is 5. The highest BCUT2D eigenvalue weighted by molar-refractivity contribution is 5.91. The Labute approximate surface area is 238 Å². The summed E-state index contributed by atoms with van der Waals surface area (Å²) in [6, 6.07) is 21.6. The lowest BCUT2D eigenvalue weighted by Crippen LogP contribution is -2.33. The molecule has 0 unspecified atom stereocenters. The van der Waals surface area contributed by atoms with Crippen LogP contribution in [0.5, 0.6) is 17.2 Å². The van der Waals surface area contributed by atoms with Crippen LogP contribution in [0, 0.1) is 6.92 Å². The average molecular weight is 542 g/mol. The molecule has 0 amide bonds. The van der Waals surface area contributed by atoms with Crippen LogP contribution in [0.15, 0.2) is 60.7 Å². The Morgan fingerprint density at radius 2 is 1.65 bits per heavy atom. The van der Waals surface area contributed by atoms with Gasteiger partial charge in [0.25, 0.3) is 0 Å². The normalized spacial score (nSPS) is 14.9. The van der Waals surface area contributed by atoms with E-state index in [1.165, 1.54) is 40.4 Å². The van der Waals surface area contributed by atoms with Gasteiger partial charge >= 0.3 is 0 Å². The third kappa shape index (κ3) is 6.45. The number of nitrogens with two attached hydrogens (primary N) is 1. The number of aryl methyl sites for hydroxylation is 1. The Morgan fingerprint density at radius 1 is 0.925 bits per heavy atom. The lowest BCUT2D eigenvalue weighted by molar-refractivity contribution is 0.204. The van der Waals surface area contributed by atoms with Gasteiger partial charge in [-0.15, -0.1) is 0 Å². The lowest BCUT2D eigenvalue weighted by Gasteiger charge is -2.32. The second-order valence-corrected chi connectivity index (χ2v) is 11.8. The molecule has 1 saturated heterocycles. The molecule has 1 aliphatic rings. The number of ether oxygens (including phenoxy) is 3. The molecule has 0 saturated carbocycles. The predicted octanol–water partition coefficient (Wildman–Crippen LogP) is 7.05. The fourth-order valence-electron chi connectivity index (χ4n) is 5.68. The van der Waals surface area contributed by atoms with Gasteiger partial charge < -0.3 is 24.9 Å². The highest BCUT2D eigenvalue weighted by atomic mass is 16.5. The monoisotopic (exact) mass is 541 g/mol. The van der Waals surface area contributed by atoms with E-state index in [4.69, 9.17) is 19.9 Å². The maximum absolute atomic E-state index is 6.05. The molecule has 212 valence electrons. The van der Waals surface area contributed by atoms with Crippen molar-refractivity contribution in [2.75, 3.05) is 33.9 Å². The molecule has 5 rings (SSSR count). The first-order chi connectivity index (χ1) is 19.2. The van der Waals surface area contributed by atoms with Crippen LogP contribution in [0.25, 0.3) is 22.2 Å². The molecule has 0 atom stereocenters. The number of hydrogen-bond donors (Lipinski definition) is 2. The number of benzene rings is 3. The van der Waals surface area contributed by atoms with Gasteiger partial charge in [-0.2, -0.15) is 0 Å². The highest BCUT2D eigenvalue weighted by Crippen LogP contribution is 2.37. The van der Waals surface area contributed by atoms with Crippen LogP contribution in [0.2, 0.25) is 0 Å². The second kappa shape index (κ2) is 11.9. The molecule has 6 heteroatoms. The van der Waals surface area contributed by atoms with Crippen molar-refractivity contribution in [3.05, 3.63) is 77.4 Å². The maximum Gasteiger partial charge on any atom is 0.161 e. The number of H-pyrrole nitrogens is 1. The number of likely N-dealkylation sites (tertiary alicyclic amines) is 1. The topological polar surface area (TPSA) is 72.7 Å². The van der Waals surface area contributed by atoms with Gasteiger partial charge in [-0.3, -0.25) is 4.90 Å². The van der Waals surface area contributed by atoms with Crippen molar-refractivity contribution in [2.45, 2.75) is 58.0 Å². The number of nitrogens with one attached hydrogen (secondary N) is 1. The maximum atomic E-state index is 6.05. The number of nitrogens with zero attached hydrogens (tertiary/aromatic N) is 1. The second-order valence-electron chi connectivity index (χ2n) is 11.8. The summed E-state index contributed by atoms with van der Waals surface area (Å²) in [4.78, 5) is 6.20. The van der Waals surface area contributed by atoms with Crippen molar-refractivity contribution in [2.24, 2.45) is 5.73 Å². The first-order valence-corrected chi connectivity index (χ1v) is 14.3. The number of rotatable bonds is 10. The molecule has 4 aromatic rings. The standard InChI is InChI=1S/C34H43N3O3/c1-23-29-20-26(8-12-30(29)36-33(23)27-9-13-31(38-4)32(21-27)39-5)25-14-17-37(18-15-25)22-24-6-10-28(11-7-24)40-19-16-34(2,3)35/h6-13,20-21,25,36H,14-19,22,35H2,1-5H3. The molecule has 0 spiro atoms. The summed E-state index contributed by atoms with van der Waals surface area (Å²) in [5.74, 6) is 2.97. The highest BCUT2D eigenvalue weighted by Gasteiger charge is 2.22. The molecule has 0 bridgehead atoms. The van der Waals surface area contributed by atoms with Crippen LogP contribution in [-0.2, 0) is 6.54 Å². The summed E-state index contributed by atoms with van der Waals surface area (Å²) < 4.78 is 16.8. The number of methoxy groups -OCH3 is 2. The van der Waals surface area contributed by atoms with Gasteiger partial charge in [-0.1, -0.05) is 18.2 Å². The van der Waals surface area contributed by atoms with Crippen molar-refractivity contribution < 1.29 is 14.2 Å². The van der Waals surface area contributed by atoms with E-state index in [-0.39, 0.29) is 5.54 Å². The fraction of sp³-hybridized carbons (Fsp3) is 0.412. The van der Waals surface area contributed by atoms with Crippen molar-refractivity contribution in [3.63, 3.8) is 0 Å². The average Bonchev–Trinajstić information content (AvgIpc) is 3.29. The zero-order valence-electron chi connectivity index (χ0n) is 24.5. The van der Waals surface area contributed by atoms with Crippen LogP contribution in [0.4, 0.5) is 0 Å². The van der Waals surface area contributed by atoms with E-state index in [0.717, 1.165) is 54.6 Å². The predicted molar refractivity (Wildman–Crippen MR) is 164 cm³/mol. The zero-order chi connectivity index (χ0) is 28.3. The van der Waals surface area contributed by atoms with Crippen molar-refractivity contribution >= 4 is 10.9 Å². The van der Waals surface area contributed by atoms with Crippen LogP contribution < -0.4 is 19.9 Å². The van der Waals surface area contributed by atoms with E-state index in [0.29, 0.717) is 12.5 Å². The number of aromatic nitrogens is 1. The number of fused-ring (bicyclic) bond motifs is 1. The minimum absolute atomic E-state index is 0.201. The Morgan fingerprint density at radius 3 is 2.33 bits per heavy atom. The first kappa shape index (κ1) is 28.1. The summed E-state index contributed by atoms with van der Waals surface area (Å²) >= 11 is 0. The number of piperidine rings is 1. The summed E-state index contributed by atoms with van der Waals surface area (Å²) in [6.07, 6.45) is 3.18. The van der Waals surface area contributed by atoms with E-state index < -0.39 is 0 Å². The summed E-state index contributed by atoms with van der Waals surface area (Å²) in [5, 5.41) is 1.29. The number of aromatic amines is 1. The molecular weight excluding hydrogens is 498 g/mol. The quantitative estimate of drug-likeness (QED) is 0.225. The van der Waals surface area contributed by atoms with E-state index >= 15 is 0 Å². The van der Waals surface area contributed by atoms with Gasteiger partial charge in [0.2, 0.25) is 0 Å². The fourth-order valence-corrected chi connectivity index (χ4v) is 5.68. The Balaban J connectivity index is 1.20. The SMILES string of the molecule is COc1ccc(-c2[nH]c3ccc(C4CCN(Cc5ccc(OCCC(C)(C)N)cc5)CC4)cc3c2C)cc1OC. The van der Waals surface area contributed by atoms with Gasteiger partial charge in [0, 0.05) is 34.2 Å². The largest absolute Gasteiger partial charge is 0.494 e. The van der Waals surface area contributed by atoms with Crippen molar-refractivity contribution in [3.8, 4) is 28.5 Å².